The molecule has 0 heteroatoms. The van der Waals surface area contributed by atoms with Crippen molar-refractivity contribution in [3.63, 3.8) is 0 Å². The summed E-state index contributed by atoms with van der Waals surface area (Å²) < 4.78 is 0. The molecule has 172 valence electrons. The lowest BCUT2D eigenvalue weighted by Gasteiger charge is -1.86. The van der Waals surface area contributed by atoms with Crippen LogP contribution < -0.4 is 0 Å². The molecule has 28 heavy (non-hydrogen) atoms. The fourth-order valence-corrected chi connectivity index (χ4v) is 1.80. The van der Waals surface area contributed by atoms with Gasteiger partial charge in [-0.1, -0.05) is 143 Å². The van der Waals surface area contributed by atoms with Crippen LogP contribution >= 0.6 is 0 Å². The maximum Gasteiger partial charge on any atom is -0.0379 e. The van der Waals surface area contributed by atoms with Gasteiger partial charge in [0.2, 0.25) is 0 Å². The fourth-order valence-electron chi connectivity index (χ4n) is 1.80. The van der Waals surface area contributed by atoms with Crippen LogP contribution in [0.4, 0.5) is 0 Å². The van der Waals surface area contributed by atoms with Crippen molar-refractivity contribution in [2.45, 2.75) is 146 Å². The van der Waals surface area contributed by atoms with Gasteiger partial charge in [-0.15, -0.1) is 0 Å². The van der Waals surface area contributed by atoms with E-state index >= 15 is 0 Å². The summed E-state index contributed by atoms with van der Waals surface area (Å²) in [6.07, 6.45) is 28.5. The molecule has 0 radical (unpaired) electrons. The quantitative estimate of drug-likeness (QED) is 0.254. The van der Waals surface area contributed by atoms with Crippen molar-refractivity contribution in [1.82, 2.24) is 0 Å². The zero-order valence-corrected chi connectivity index (χ0v) is 21.9. The molecule has 0 fully saturated rings. The Hall–Kier alpha value is -0.780. The summed E-state index contributed by atoms with van der Waals surface area (Å²) in [4.78, 5) is 0. The number of rotatable bonds is 10. The lowest BCUT2D eigenvalue weighted by atomic mass is 10.2. The highest BCUT2D eigenvalue weighted by Crippen LogP contribution is 1.96. The van der Waals surface area contributed by atoms with Gasteiger partial charge in [-0.05, 0) is 39.5 Å². The van der Waals surface area contributed by atoms with Crippen LogP contribution in [0.1, 0.15) is 146 Å². The predicted octanol–water partition coefficient (Wildman–Crippen LogP) is 11.5. The Morgan fingerprint density at radius 3 is 0.643 bits per heavy atom. The van der Waals surface area contributed by atoms with Crippen molar-refractivity contribution < 1.29 is 0 Å². The molecule has 0 bridgehead atoms. The first-order valence-corrected chi connectivity index (χ1v) is 12.4. The summed E-state index contributed by atoms with van der Waals surface area (Å²) >= 11 is 0. The molecule has 0 aliphatic rings. The molecule has 0 aliphatic carbocycles. The molecule has 0 atom stereocenters. The molecule has 0 aliphatic heterocycles. The molecule has 0 aromatic carbocycles. The van der Waals surface area contributed by atoms with Crippen LogP contribution in [0.3, 0.4) is 0 Å². The van der Waals surface area contributed by atoms with E-state index in [4.69, 9.17) is 0 Å². The maximum atomic E-state index is 2.23. The van der Waals surface area contributed by atoms with Gasteiger partial charge in [0.05, 0.1) is 0 Å². The summed E-state index contributed by atoms with van der Waals surface area (Å²) in [5.41, 5.74) is 0. The number of hydrogen-bond acceptors (Lipinski definition) is 0. The molecule has 0 saturated carbocycles. The van der Waals surface area contributed by atoms with Crippen LogP contribution in [-0.2, 0) is 0 Å². The van der Waals surface area contributed by atoms with Gasteiger partial charge in [0, 0.05) is 0 Å². The lowest BCUT2D eigenvalue weighted by molar-refractivity contribution is 0.702. The van der Waals surface area contributed by atoms with Gasteiger partial charge in [0.1, 0.15) is 0 Å². The Kier molecular flexibility index (Phi) is 76.1. The van der Waals surface area contributed by atoms with Gasteiger partial charge in [-0.3, -0.25) is 0 Å². The molecule has 0 unspecified atom stereocenters. The van der Waals surface area contributed by atoms with Crippen LogP contribution in [0.2, 0.25) is 0 Å². The molecule has 0 aromatic heterocycles. The van der Waals surface area contributed by atoms with Crippen LogP contribution in [0, 0.1) is 0 Å². The van der Waals surface area contributed by atoms with E-state index in [2.05, 4.69) is 91.8 Å². The normalized spacial score (nSPS) is 9.64. The standard InChI is InChI=1S/2C6H14.C6H12.2C5H10/c3*1-3-5-6-4-2;2*1-3-5-4-2/h2*3-6H2,1-2H3;5-6H,3-4H2,1-2H3;2*3,5H,4H2,1-2H3. The van der Waals surface area contributed by atoms with E-state index < -0.39 is 0 Å². The molecule has 0 N–H and O–H groups in total. The molecule has 0 aromatic rings. The van der Waals surface area contributed by atoms with Crippen LogP contribution in [-0.4, -0.2) is 0 Å². The highest BCUT2D eigenvalue weighted by atomic mass is 13.8. The van der Waals surface area contributed by atoms with Gasteiger partial charge >= 0.3 is 0 Å². The van der Waals surface area contributed by atoms with E-state index in [1.807, 2.05) is 13.8 Å². The summed E-state index contributed by atoms with van der Waals surface area (Å²) in [7, 11) is 0. The molecule has 0 nitrogen and oxygen atoms in total. The van der Waals surface area contributed by atoms with Crippen molar-refractivity contribution >= 4 is 0 Å². The lowest BCUT2D eigenvalue weighted by Crippen LogP contribution is -1.66. The first kappa shape index (κ1) is 37.9. The molecule has 0 heterocycles. The van der Waals surface area contributed by atoms with E-state index in [0.717, 1.165) is 12.8 Å². The monoisotopic (exact) mass is 396 g/mol. The zero-order chi connectivity index (χ0) is 22.7. The Balaban J connectivity index is -0.0000000789. The average Bonchev–Trinajstić information content (AvgIpc) is 2.72. The summed E-state index contributed by atoms with van der Waals surface area (Å²) in [5.74, 6) is 0. The molecular formula is C28H60. The van der Waals surface area contributed by atoms with E-state index in [-0.39, 0.29) is 0 Å². The van der Waals surface area contributed by atoms with Crippen LogP contribution in [0.25, 0.3) is 0 Å². The van der Waals surface area contributed by atoms with Crippen LogP contribution in [0.5, 0.6) is 0 Å². The molecule has 0 saturated heterocycles. The average molecular weight is 397 g/mol. The van der Waals surface area contributed by atoms with Crippen molar-refractivity contribution in [3.8, 4) is 0 Å². The predicted molar refractivity (Wildman–Crippen MR) is 140 cm³/mol. The highest BCUT2D eigenvalue weighted by molar-refractivity contribution is 4.77. The smallest absolute Gasteiger partial charge is 0.0379 e. The van der Waals surface area contributed by atoms with E-state index in [9.17, 15) is 0 Å². The highest BCUT2D eigenvalue weighted by Gasteiger charge is 1.76. The minimum Gasteiger partial charge on any atom is -0.0917 e. The molecule has 0 rings (SSSR count). The van der Waals surface area contributed by atoms with Gasteiger partial charge in [-0.25, -0.2) is 0 Å². The van der Waals surface area contributed by atoms with Crippen molar-refractivity contribution in [2.75, 3.05) is 0 Å². The second-order valence-electron chi connectivity index (χ2n) is 6.66. The van der Waals surface area contributed by atoms with Crippen LogP contribution in [0.15, 0.2) is 36.5 Å². The van der Waals surface area contributed by atoms with Gasteiger partial charge in [-0.2, -0.15) is 0 Å². The van der Waals surface area contributed by atoms with Gasteiger partial charge in [0.25, 0.3) is 0 Å². The van der Waals surface area contributed by atoms with E-state index in [1.165, 1.54) is 64.2 Å². The number of hydrogen-bond donors (Lipinski definition) is 0. The fraction of sp³-hybridized carbons (Fsp3) is 0.786. The summed E-state index contributed by atoms with van der Waals surface area (Å²) in [6, 6.07) is 0. The Morgan fingerprint density at radius 1 is 0.357 bits per heavy atom. The van der Waals surface area contributed by atoms with Gasteiger partial charge in [0.15, 0.2) is 0 Å². The van der Waals surface area contributed by atoms with E-state index in [0.29, 0.717) is 0 Å². The topological polar surface area (TPSA) is 0 Å². The maximum absolute atomic E-state index is 2.23. The third kappa shape index (κ3) is 99.1. The first-order valence-electron chi connectivity index (χ1n) is 12.4. The summed E-state index contributed by atoms with van der Waals surface area (Å²) in [6.45, 7) is 21.5. The Labute approximate surface area is 183 Å². The minimum atomic E-state index is 1.16. The second-order valence-corrected chi connectivity index (χ2v) is 6.66. The number of unbranched alkanes of at least 4 members (excludes halogenated alkanes) is 6. The third-order valence-electron chi connectivity index (χ3n) is 3.50. The second kappa shape index (κ2) is 56.2. The van der Waals surface area contributed by atoms with Crippen molar-refractivity contribution in [2.24, 2.45) is 0 Å². The Bertz CT molecular complexity index is 211. The minimum absolute atomic E-state index is 1.16. The largest absolute Gasteiger partial charge is 0.0917 e. The summed E-state index contributed by atoms with van der Waals surface area (Å²) in [5, 5.41) is 0. The molecular weight excluding hydrogens is 336 g/mol. The molecule has 0 amide bonds. The Morgan fingerprint density at radius 2 is 0.571 bits per heavy atom. The third-order valence-corrected chi connectivity index (χ3v) is 3.50. The number of allylic oxidation sites excluding steroid dienone is 6. The van der Waals surface area contributed by atoms with E-state index in [1.54, 1.807) is 0 Å². The van der Waals surface area contributed by atoms with Gasteiger partial charge < -0.3 is 0 Å². The van der Waals surface area contributed by atoms with Crippen molar-refractivity contribution in [1.29, 1.82) is 0 Å². The zero-order valence-electron chi connectivity index (χ0n) is 21.9. The SMILES string of the molecule is CC=CCC.CC=CCC.CCC=CCC.CCCCCC.CCCCCC. The first-order chi connectivity index (χ1) is 13.6. The van der Waals surface area contributed by atoms with Crippen molar-refractivity contribution in [3.05, 3.63) is 36.5 Å². The molecule has 0 spiro atoms.